The predicted octanol–water partition coefficient (Wildman–Crippen LogP) is 5.96. The van der Waals surface area contributed by atoms with Crippen LogP contribution in [0.2, 0.25) is 0 Å². The van der Waals surface area contributed by atoms with Crippen LogP contribution in [0.4, 0.5) is 0 Å². The van der Waals surface area contributed by atoms with E-state index in [1.165, 1.54) is 11.1 Å². The van der Waals surface area contributed by atoms with Crippen molar-refractivity contribution in [2.45, 2.75) is 59.8 Å². The maximum absolute atomic E-state index is 12.8. The minimum absolute atomic E-state index is 0.0405. The van der Waals surface area contributed by atoms with Crippen LogP contribution in [0.1, 0.15) is 66.9 Å². The van der Waals surface area contributed by atoms with Crippen LogP contribution in [0.15, 0.2) is 48.5 Å². The maximum Gasteiger partial charge on any atom is 0.344 e. The molecule has 4 nitrogen and oxygen atoms in total. The van der Waals surface area contributed by atoms with Crippen LogP contribution in [0, 0.1) is 13.8 Å². The Morgan fingerprint density at radius 2 is 1.76 bits per heavy atom. The van der Waals surface area contributed by atoms with Gasteiger partial charge in [-0.2, -0.15) is 5.10 Å². The van der Waals surface area contributed by atoms with Gasteiger partial charge in [0.2, 0.25) is 5.88 Å². The van der Waals surface area contributed by atoms with Gasteiger partial charge in [0.15, 0.2) is 0 Å². The number of nitrogens with zero attached hydrogens (tertiary/aromatic N) is 2. The summed E-state index contributed by atoms with van der Waals surface area (Å²) in [5.74, 6) is 0.0759. The molecule has 3 rings (SSSR count). The fraction of sp³-hybridized carbons (Fsp3) is 0.360. The van der Waals surface area contributed by atoms with E-state index in [0.29, 0.717) is 11.4 Å². The molecule has 29 heavy (non-hydrogen) atoms. The molecule has 1 heterocycles. The number of benzene rings is 2. The Hall–Kier alpha value is -2.88. The molecule has 0 bridgehead atoms. The van der Waals surface area contributed by atoms with Gasteiger partial charge in [-0.3, -0.25) is 0 Å². The zero-order valence-corrected chi connectivity index (χ0v) is 18.2. The molecule has 2 aromatic carbocycles. The molecule has 0 fully saturated rings. The van der Waals surface area contributed by atoms with Gasteiger partial charge in [-0.25, -0.2) is 9.48 Å². The zero-order valence-electron chi connectivity index (χ0n) is 18.2. The Kier molecular flexibility index (Phi) is 5.92. The molecule has 0 aliphatic carbocycles. The second-order valence-electron chi connectivity index (χ2n) is 8.57. The summed E-state index contributed by atoms with van der Waals surface area (Å²) in [6.07, 6.45) is 1.81. The SMILES string of the molecule is CCCc1cc(OC(=O)c2ccc(C(C)(C)C)cc2)n(-c2cccc(C)c2C)n1. The molecule has 0 aliphatic rings. The lowest BCUT2D eigenvalue weighted by Gasteiger charge is -2.19. The van der Waals surface area contributed by atoms with Gasteiger partial charge in [0.05, 0.1) is 16.9 Å². The molecule has 3 aromatic rings. The maximum atomic E-state index is 12.8. The first-order chi connectivity index (χ1) is 13.7. The van der Waals surface area contributed by atoms with Gasteiger partial charge in [0, 0.05) is 6.07 Å². The Morgan fingerprint density at radius 3 is 2.38 bits per heavy atom. The number of carbonyl (C=O) groups excluding carboxylic acids is 1. The summed E-state index contributed by atoms with van der Waals surface area (Å²) in [7, 11) is 0. The van der Waals surface area contributed by atoms with Crippen LogP contribution >= 0.6 is 0 Å². The van der Waals surface area contributed by atoms with Crippen LogP contribution in [0.3, 0.4) is 0 Å². The summed E-state index contributed by atoms with van der Waals surface area (Å²) in [4.78, 5) is 12.8. The summed E-state index contributed by atoms with van der Waals surface area (Å²) in [6, 6.07) is 15.6. The highest BCUT2D eigenvalue weighted by Gasteiger charge is 2.19. The van der Waals surface area contributed by atoms with Gasteiger partial charge in [-0.1, -0.05) is 58.4 Å². The average molecular weight is 391 g/mol. The number of esters is 1. The van der Waals surface area contributed by atoms with E-state index >= 15 is 0 Å². The normalized spacial score (nSPS) is 11.5. The highest BCUT2D eigenvalue weighted by Crippen LogP contribution is 2.26. The summed E-state index contributed by atoms with van der Waals surface area (Å²) in [5, 5.41) is 4.70. The summed E-state index contributed by atoms with van der Waals surface area (Å²) >= 11 is 0. The molecule has 0 spiro atoms. The minimum Gasteiger partial charge on any atom is -0.404 e. The quantitative estimate of drug-likeness (QED) is 0.505. The fourth-order valence-corrected chi connectivity index (χ4v) is 3.26. The van der Waals surface area contributed by atoms with Crippen molar-refractivity contribution in [1.82, 2.24) is 9.78 Å². The van der Waals surface area contributed by atoms with Crippen molar-refractivity contribution >= 4 is 5.97 Å². The lowest BCUT2D eigenvalue weighted by Crippen LogP contribution is -2.14. The standard InChI is InChI=1S/C25H30N2O2/c1-7-9-21-16-23(27(26-21)22-11-8-10-17(2)18(22)3)29-24(28)19-12-14-20(15-13-19)25(4,5)6/h8,10-16H,7,9H2,1-6H3. The molecule has 0 saturated carbocycles. The monoisotopic (exact) mass is 390 g/mol. The molecule has 0 amide bonds. The third-order valence-corrected chi connectivity index (χ3v) is 5.22. The molecule has 0 atom stereocenters. The topological polar surface area (TPSA) is 44.1 Å². The van der Waals surface area contributed by atoms with Crippen molar-refractivity contribution in [3.63, 3.8) is 0 Å². The smallest absolute Gasteiger partial charge is 0.344 e. The molecular formula is C25H30N2O2. The fourth-order valence-electron chi connectivity index (χ4n) is 3.26. The number of rotatable bonds is 5. The van der Waals surface area contributed by atoms with Gasteiger partial charge < -0.3 is 4.74 Å². The van der Waals surface area contributed by atoms with E-state index in [2.05, 4.69) is 47.6 Å². The van der Waals surface area contributed by atoms with E-state index in [1.807, 2.05) is 42.5 Å². The van der Waals surface area contributed by atoms with Gasteiger partial charge in [0.25, 0.3) is 0 Å². The van der Waals surface area contributed by atoms with E-state index in [-0.39, 0.29) is 11.4 Å². The number of aromatic nitrogens is 2. The third-order valence-electron chi connectivity index (χ3n) is 5.22. The van der Waals surface area contributed by atoms with Crippen molar-refractivity contribution in [2.24, 2.45) is 0 Å². The first kappa shape index (κ1) is 20.8. The molecule has 0 aliphatic heterocycles. The number of hydrogen-bond donors (Lipinski definition) is 0. The van der Waals surface area contributed by atoms with Crippen LogP contribution in [0.5, 0.6) is 5.88 Å². The molecular weight excluding hydrogens is 360 g/mol. The Bertz CT molecular complexity index is 1010. The number of ether oxygens (including phenoxy) is 1. The minimum atomic E-state index is -0.375. The van der Waals surface area contributed by atoms with E-state index in [4.69, 9.17) is 9.84 Å². The van der Waals surface area contributed by atoms with Crippen LogP contribution in [0.25, 0.3) is 5.69 Å². The molecule has 4 heteroatoms. The molecule has 0 saturated heterocycles. The summed E-state index contributed by atoms with van der Waals surface area (Å²) in [5.41, 5.74) is 5.88. The van der Waals surface area contributed by atoms with Crippen molar-refractivity contribution in [2.75, 3.05) is 0 Å². The number of carbonyl (C=O) groups is 1. The van der Waals surface area contributed by atoms with E-state index in [0.717, 1.165) is 29.8 Å². The predicted molar refractivity (Wildman–Crippen MR) is 117 cm³/mol. The average Bonchev–Trinajstić information content (AvgIpc) is 3.05. The first-order valence-corrected chi connectivity index (χ1v) is 10.2. The highest BCUT2D eigenvalue weighted by molar-refractivity contribution is 5.91. The lowest BCUT2D eigenvalue weighted by atomic mass is 9.87. The van der Waals surface area contributed by atoms with Crippen LogP contribution in [-0.4, -0.2) is 15.7 Å². The van der Waals surface area contributed by atoms with E-state index in [9.17, 15) is 4.79 Å². The second-order valence-corrected chi connectivity index (χ2v) is 8.57. The molecule has 0 N–H and O–H groups in total. The van der Waals surface area contributed by atoms with Crippen LogP contribution < -0.4 is 4.74 Å². The van der Waals surface area contributed by atoms with Gasteiger partial charge in [-0.05, 0) is 60.6 Å². The molecule has 0 radical (unpaired) electrons. The summed E-state index contributed by atoms with van der Waals surface area (Å²) in [6.45, 7) is 12.7. The second kappa shape index (κ2) is 8.24. The molecule has 0 unspecified atom stereocenters. The van der Waals surface area contributed by atoms with Gasteiger partial charge in [-0.15, -0.1) is 0 Å². The Labute approximate surface area is 173 Å². The van der Waals surface area contributed by atoms with Crippen molar-refractivity contribution in [3.05, 3.63) is 76.5 Å². The zero-order chi connectivity index (χ0) is 21.2. The van der Waals surface area contributed by atoms with E-state index < -0.39 is 0 Å². The van der Waals surface area contributed by atoms with Crippen molar-refractivity contribution in [1.29, 1.82) is 0 Å². The van der Waals surface area contributed by atoms with Gasteiger partial charge >= 0.3 is 5.97 Å². The van der Waals surface area contributed by atoms with Gasteiger partial charge in [0.1, 0.15) is 0 Å². The molecule has 1 aromatic heterocycles. The number of aryl methyl sites for hydroxylation is 2. The Balaban J connectivity index is 1.94. The summed E-state index contributed by atoms with van der Waals surface area (Å²) < 4.78 is 7.54. The number of hydrogen-bond acceptors (Lipinski definition) is 3. The van der Waals surface area contributed by atoms with E-state index in [1.54, 1.807) is 4.68 Å². The molecule has 152 valence electrons. The lowest BCUT2D eigenvalue weighted by molar-refractivity contribution is 0.0723. The van der Waals surface area contributed by atoms with Crippen LogP contribution in [-0.2, 0) is 11.8 Å². The van der Waals surface area contributed by atoms with Crippen molar-refractivity contribution in [3.8, 4) is 11.6 Å². The largest absolute Gasteiger partial charge is 0.404 e. The Morgan fingerprint density at radius 1 is 1.07 bits per heavy atom. The third kappa shape index (κ3) is 4.58. The highest BCUT2D eigenvalue weighted by atomic mass is 16.5. The first-order valence-electron chi connectivity index (χ1n) is 10.2. The van der Waals surface area contributed by atoms with Crippen molar-refractivity contribution < 1.29 is 9.53 Å².